The minimum Gasteiger partial charge on any atom is -0.443 e. The van der Waals surface area contributed by atoms with Crippen molar-refractivity contribution in [2.24, 2.45) is 0 Å². The lowest BCUT2D eigenvalue weighted by atomic mass is 10.1. The first-order valence-electron chi connectivity index (χ1n) is 9.29. The third-order valence-corrected chi connectivity index (χ3v) is 3.50. The second kappa shape index (κ2) is 9.21. The summed E-state index contributed by atoms with van der Waals surface area (Å²) in [6.45, 7) is 10.6. The predicted molar refractivity (Wildman–Crippen MR) is 110 cm³/mol. The van der Waals surface area contributed by atoms with Crippen molar-refractivity contribution in [1.29, 1.82) is 0 Å². The van der Waals surface area contributed by atoms with Gasteiger partial charge in [-0.15, -0.1) is 0 Å². The highest BCUT2D eigenvalue weighted by atomic mass is 16.6. The van der Waals surface area contributed by atoms with Gasteiger partial charge in [0.05, 0.1) is 10.6 Å². The smallest absolute Gasteiger partial charge is 0.424 e. The van der Waals surface area contributed by atoms with E-state index in [-0.39, 0.29) is 11.4 Å². The fraction of sp³-hybridized carbons (Fsp3) is 0.600. The Morgan fingerprint density at radius 3 is 1.86 bits per heavy atom. The molecular formula is C20H31N3O6. The molecule has 9 heteroatoms. The van der Waals surface area contributed by atoms with E-state index in [1.165, 1.54) is 18.2 Å². The Balaban J connectivity index is 3.42. The normalized spacial score (nSPS) is 11.9. The van der Waals surface area contributed by atoms with Crippen LogP contribution in [0.25, 0.3) is 0 Å². The molecule has 1 aromatic carbocycles. The number of ether oxygens (including phenoxy) is 2. The van der Waals surface area contributed by atoms with Crippen LogP contribution in [0.15, 0.2) is 18.2 Å². The zero-order chi connectivity index (χ0) is 22.6. The van der Waals surface area contributed by atoms with Gasteiger partial charge in [-0.2, -0.15) is 4.90 Å². The first-order valence-corrected chi connectivity index (χ1v) is 9.29. The summed E-state index contributed by atoms with van der Waals surface area (Å²) in [5.74, 6) is 0. The second-order valence-electron chi connectivity index (χ2n) is 8.92. The van der Waals surface area contributed by atoms with Gasteiger partial charge in [-0.25, -0.2) is 9.59 Å². The molecule has 2 amide bonds. The Kier molecular flexibility index (Phi) is 7.74. The Morgan fingerprint density at radius 1 is 1.00 bits per heavy atom. The summed E-state index contributed by atoms with van der Waals surface area (Å²) >= 11 is 0. The van der Waals surface area contributed by atoms with Crippen molar-refractivity contribution in [2.75, 3.05) is 25.5 Å². The van der Waals surface area contributed by atoms with Crippen LogP contribution in [-0.2, 0) is 15.9 Å². The lowest BCUT2D eigenvalue weighted by molar-refractivity contribution is -0.385. The number of anilines is 1. The Hall–Kier alpha value is -2.68. The van der Waals surface area contributed by atoms with E-state index in [1.54, 1.807) is 41.5 Å². The maximum atomic E-state index is 12.7. The van der Waals surface area contributed by atoms with Crippen LogP contribution in [0.5, 0.6) is 0 Å². The monoisotopic (exact) mass is 409 g/mol. The fourth-order valence-corrected chi connectivity index (χ4v) is 2.33. The molecule has 0 atom stereocenters. The third kappa shape index (κ3) is 8.06. The predicted octanol–water partition coefficient (Wildman–Crippen LogP) is 4.38. The molecule has 0 saturated carbocycles. The topological polar surface area (TPSA) is 102 Å². The average molecular weight is 409 g/mol. The van der Waals surface area contributed by atoms with Crippen molar-refractivity contribution in [3.8, 4) is 0 Å². The molecule has 1 rings (SSSR count). The van der Waals surface area contributed by atoms with Gasteiger partial charge in [0.25, 0.3) is 5.69 Å². The van der Waals surface area contributed by atoms with Crippen molar-refractivity contribution in [1.82, 2.24) is 4.90 Å². The molecule has 0 unspecified atom stereocenters. The molecule has 0 saturated heterocycles. The number of nitro benzene ring substituents is 1. The highest BCUT2D eigenvalue weighted by molar-refractivity contribution is 6.09. The summed E-state index contributed by atoms with van der Waals surface area (Å²) in [6, 6.07) is 4.07. The number of amides is 2. The van der Waals surface area contributed by atoms with Crippen LogP contribution in [0.2, 0.25) is 0 Å². The minimum atomic E-state index is -0.917. The molecule has 29 heavy (non-hydrogen) atoms. The highest BCUT2D eigenvalue weighted by Crippen LogP contribution is 2.28. The summed E-state index contributed by atoms with van der Waals surface area (Å²) in [4.78, 5) is 39.0. The standard InChI is InChI=1S/C20H31N3O6/c1-19(2,3)28-17(24)22(18(25)29-20(4,5)6)15-9-10-16(23(26)27)14(13-15)11-12-21(7)8/h9-10,13H,11-12H2,1-8H3. The van der Waals surface area contributed by atoms with Crippen molar-refractivity contribution >= 4 is 23.6 Å². The van der Waals surface area contributed by atoms with E-state index in [1.807, 2.05) is 19.0 Å². The van der Waals surface area contributed by atoms with Crippen LogP contribution in [0.1, 0.15) is 47.1 Å². The van der Waals surface area contributed by atoms with Crippen molar-refractivity contribution < 1.29 is 24.0 Å². The van der Waals surface area contributed by atoms with E-state index >= 15 is 0 Å². The SMILES string of the molecule is CN(C)CCc1cc(N(C(=O)OC(C)(C)C)C(=O)OC(C)(C)C)ccc1[N+](=O)[O-]. The Morgan fingerprint density at radius 2 is 1.48 bits per heavy atom. The van der Waals surface area contributed by atoms with E-state index in [2.05, 4.69) is 0 Å². The summed E-state index contributed by atoms with van der Waals surface area (Å²) in [5, 5.41) is 11.4. The molecule has 0 spiro atoms. The third-order valence-electron chi connectivity index (χ3n) is 3.50. The van der Waals surface area contributed by atoms with E-state index in [4.69, 9.17) is 9.47 Å². The summed E-state index contributed by atoms with van der Waals surface area (Å²) in [7, 11) is 3.70. The summed E-state index contributed by atoms with van der Waals surface area (Å²) < 4.78 is 10.7. The number of likely N-dealkylation sites (N-methyl/N-ethyl adjacent to an activating group) is 1. The quantitative estimate of drug-likeness (QED) is 0.525. The van der Waals surface area contributed by atoms with Crippen molar-refractivity contribution in [3.05, 3.63) is 33.9 Å². The second-order valence-corrected chi connectivity index (χ2v) is 8.92. The lowest BCUT2D eigenvalue weighted by Gasteiger charge is -2.28. The number of hydrogen-bond donors (Lipinski definition) is 0. The van der Waals surface area contributed by atoms with Crippen LogP contribution in [-0.4, -0.2) is 53.9 Å². The van der Waals surface area contributed by atoms with Crippen LogP contribution in [0, 0.1) is 10.1 Å². The molecule has 1 aromatic rings. The van der Waals surface area contributed by atoms with Gasteiger partial charge < -0.3 is 14.4 Å². The molecule has 0 bridgehead atoms. The number of benzene rings is 1. The van der Waals surface area contributed by atoms with E-state index in [0.29, 0.717) is 18.5 Å². The maximum absolute atomic E-state index is 12.7. The fourth-order valence-electron chi connectivity index (χ4n) is 2.33. The first-order chi connectivity index (χ1) is 13.1. The molecule has 0 radical (unpaired) electrons. The first kappa shape index (κ1) is 24.4. The van der Waals surface area contributed by atoms with Gasteiger partial charge in [-0.05, 0) is 74.2 Å². The van der Waals surface area contributed by atoms with Crippen molar-refractivity contribution in [3.63, 3.8) is 0 Å². The number of imide groups is 1. The molecule has 0 N–H and O–H groups in total. The molecule has 0 aliphatic heterocycles. The highest BCUT2D eigenvalue weighted by Gasteiger charge is 2.33. The van der Waals surface area contributed by atoms with Gasteiger partial charge in [0.15, 0.2) is 0 Å². The number of nitrogens with zero attached hydrogens (tertiary/aromatic N) is 3. The average Bonchev–Trinajstić information content (AvgIpc) is 2.49. The van der Waals surface area contributed by atoms with Crippen LogP contribution in [0.3, 0.4) is 0 Å². The molecule has 0 aromatic heterocycles. The van der Waals surface area contributed by atoms with Crippen LogP contribution >= 0.6 is 0 Å². The number of rotatable bonds is 5. The molecule has 0 heterocycles. The molecular weight excluding hydrogens is 378 g/mol. The van der Waals surface area contributed by atoms with E-state index < -0.39 is 28.3 Å². The van der Waals surface area contributed by atoms with Gasteiger partial charge in [0, 0.05) is 18.2 Å². The Labute approximate surface area is 171 Å². The van der Waals surface area contributed by atoms with Crippen LogP contribution in [0.4, 0.5) is 21.0 Å². The van der Waals surface area contributed by atoms with E-state index in [0.717, 1.165) is 4.90 Å². The maximum Gasteiger partial charge on any atom is 0.424 e. The minimum absolute atomic E-state index is 0.0797. The number of carbonyl (C=O) groups is 2. The van der Waals surface area contributed by atoms with Gasteiger partial charge in [0.2, 0.25) is 0 Å². The van der Waals surface area contributed by atoms with Crippen molar-refractivity contribution in [2.45, 2.75) is 59.2 Å². The zero-order valence-corrected chi connectivity index (χ0v) is 18.4. The van der Waals surface area contributed by atoms with Gasteiger partial charge >= 0.3 is 12.2 Å². The molecule has 0 aliphatic rings. The molecule has 0 fully saturated rings. The molecule has 0 aliphatic carbocycles. The largest absolute Gasteiger partial charge is 0.443 e. The summed E-state index contributed by atoms with van der Waals surface area (Å²) in [6.07, 6.45) is -1.47. The molecule has 9 nitrogen and oxygen atoms in total. The van der Waals surface area contributed by atoms with Crippen LogP contribution < -0.4 is 4.90 Å². The van der Waals surface area contributed by atoms with E-state index in [9.17, 15) is 19.7 Å². The number of carbonyl (C=O) groups excluding carboxylic acids is 2. The number of nitro groups is 1. The van der Waals surface area contributed by atoms with Gasteiger partial charge in [0.1, 0.15) is 11.2 Å². The van der Waals surface area contributed by atoms with Gasteiger partial charge in [-0.1, -0.05) is 0 Å². The van der Waals surface area contributed by atoms with Gasteiger partial charge in [-0.3, -0.25) is 10.1 Å². The Bertz CT molecular complexity index is 734. The summed E-state index contributed by atoms with van der Waals surface area (Å²) in [5.41, 5.74) is -1.22. The molecule has 162 valence electrons. The zero-order valence-electron chi connectivity index (χ0n) is 18.4. The number of hydrogen-bond acceptors (Lipinski definition) is 7. The lowest BCUT2D eigenvalue weighted by Crippen LogP contribution is -2.43.